The fraction of sp³-hybridized carbons (Fsp3) is 0.167. The number of nitrogens with zero attached hydrogens (tertiary/aromatic N) is 1. The van der Waals surface area contributed by atoms with Crippen LogP contribution < -0.4 is 15.4 Å². The molecule has 128 valence electrons. The number of amides is 1. The third-order valence-corrected chi connectivity index (χ3v) is 3.82. The molecule has 0 spiro atoms. The summed E-state index contributed by atoms with van der Waals surface area (Å²) in [4.78, 5) is 15.6. The van der Waals surface area contributed by atoms with Crippen LogP contribution in [0.3, 0.4) is 0 Å². The lowest BCUT2D eigenvalue weighted by molar-refractivity contribution is -0.117. The van der Waals surface area contributed by atoms with E-state index in [-0.39, 0.29) is 11.0 Å². The number of hydrogen-bond acceptors (Lipinski definition) is 5. The second-order valence-electron chi connectivity index (χ2n) is 5.52. The number of carbonyl (C=O) groups excluding carboxylic acids is 1. The van der Waals surface area contributed by atoms with Crippen LogP contribution in [-0.2, 0) is 4.79 Å². The molecule has 0 unspecified atom stereocenters. The Labute approximate surface area is 150 Å². The van der Waals surface area contributed by atoms with Crippen LogP contribution in [-0.4, -0.2) is 23.1 Å². The Morgan fingerprint density at radius 1 is 1.24 bits per heavy atom. The lowest BCUT2D eigenvalue weighted by atomic mass is 10.1. The summed E-state index contributed by atoms with van der Waals surface area (Å²) in [5.74, 6) is 0.996. The van der Waals surface area contributed by atoms with E-state index in [9.17, 15) is 4.79 Å². The lowest BCUT2D eigenvalue weighted by Gasteiger charge is -2.11. The maximum Gasteiger partial charge on any atom is 0.227 e. The van der Waals surface area contributed by atoms with Crippen molar-refractivity contribution in [3.05, 3.63) is 42.0 Å². The molecule has 2 aromatic carbocycles. The molecule has 0 radical (unpaired) electrons. The fourth-order valence-corrected chi connectivity index (χ4v) is 2.61. The van der Waals surface area contributed by atoms with Gasteiger partial charge in [-0.1, -0.05) is 6.07 Å². The van der Waals surface area contributed by atoms with E-state index in [0.29, 0.717) is 11.5 Å². The summed E-state index contributed by atoms with van der Waals surface area (Å²) in [6.07, 6.45) is 0. The Kier molecular flexibility index (Phi) is 4.67. The number of fused-ring (bicyclic) bond motifs is 1. The fourth-order valence-electron chi connectivity index (χ4n) is 2.36. The van der Waals surface area contributed by atoms with E-state index in [2.05, 4.69) is 15.6 Å². The van der Waals surface area contributed by atoms with Crippen LogP contribution >= 0.6 is 12.2 Å². The van der Waals surface area contributed by atoms with Gasteiger partial charge in [0.05, 0.1) is 7.11 Å². The quantitative estimate of drug-likeness (QED) is 0.699. The van der Waals surface area contributed by atoms with E-state index < -0.39 is 0 Å². The van der Waals surface area contributed by atoms with Gasteiger partial charge in [-0.3, -0.25) is 4.79 Å². The van der Waals surface area contributed by atoms with Crippen molar-refractivity contribution in [3.8, 4) is 17.2 Å². The Balaban J connectivity index is 1.93. The number of rotatable bonds is 3. The standard InChI is InChI=1S/C18H17N3O3S/c1-10-4-5-12(8-14(10)21-18(25)19-11(2)22)17-20-15-9-13(23-3)6-7-16(15)24-17/h4-9H,1-3H3,(H2,19,21,22,25). The molecular weight excluding hydrogens is 338 g/mol. The predicted octanol–water partition coefficient (Wildman–Crippen LogP) is 3.64. The van der Waals surface area contributed by atoms with Crippen LogP contribution in [0.25, 0.3) is 22.6 Å². The molecule has 0 atom stereocenters. The van der Waals surface area contributed by atoms with Gasteiger partial charge in [0, 0.05) is 24.2 Å². The molecule has 0 saturated carbocycles. The van der Waals surface area contributed by atoms with Crippen LogP contribution in [0.4, 0.5) is 5.69 Å². The van der Waals surface area contributed by atoms with Crippen molar-refractivity contribution >= 4 is 40.0 Å². The van der Waals surface area contributed by atoms with Crippen LogP contribution in [0.5, 0.6) is 5.75 Å². The highest BCUT2D eigenvalue weighted by Crippen LogP contribution is 2.29. The zero-order valence-electron chi connectivity index (χ0n) is 14.0. The summed E-state index contributed by atoms with van der Waals surface area (Å²) >= 11 is 5.12. The molecule has 1 amide bonds. The molecular formula is C18H17N3O3S. The van der Waals surface area contributed by atoms with Crippen LogP contribution in [0.2, 0.25) is 0 Å². The topological polar surface area (TPSA) is 76.4 Å². The number of benzene rings is 2. The first-order valence-corrected chi connectivity index (χ1v) is 8.01. The molecule has 0 bridgehead atoms. The molecule has 25 heavy (non-hydrogen) atoms. The molecule has 0 aliphatic rings. The third kappa shape index (κ3) is 3.77. The van der Waals surface area contributed by atoms with Gasteiger partial charge >= 0.3 is 0 Å². The number of nitrogens with one attached hydrogen (secondary N) is 2. The number of oxazole rings is 1. The smallest absolute Gasteiger partial charge is 0.227 e. The normalized spacial score (nSPS) is 10.5. The number of aryl methyl sites for hydroxylation is 1. The Morgan fingerprint density at radius 2 is 2.04 bits per heavy atom. The average Bonchev–Trinajstić information content (AvgIpc) is 2.99. The highest BCUT2D eigenvalue weighted by atomic mass is 32.1. The van der Waals surface area contributed by atoms with E-state index in [0.717, 1.165) is 28.1 Å². The van der Waals surface area contributed by atoms with Crippen molar-refractivity contribution in [1.82, 2.24) is 10.3 Å². The van der Waals surface area contributed by atoms with Crippen molar-refractivity contribution in [2.75, 3.05) is 12.4 Å². The number of ether oxygens (including phenoxy) is 1. The van der Waals surface area contributed by atoms with E-state index in [1.165, 1.54) is 6.92 Å². The number of aromatic nitrogens is 1. The first kappa shape index (κ1) is 16.9. The minimum atomic E-state index is -0.223. The molecule has 1 heterocycles. The molecule has 3 aromatic rings. The maximum absolute atomic E-state index is 11.1. The molecule has 0 saturated heterocycles. The van der Waals surface area contributed by atoms with Gasteiger partial charge in [-0.25, -0.2) is 4.98 Å². The van der Waals surface area contributed by atoms with Crippen molar-refractivity contribution in [2.24, 2.45) is 0 Å². The van der Waals surface area contributed by atoms with E-state index >= 15 is 0 Å². The van der Waals surface area contributed by atoms with Gasteiger partial charge in [0.15, 0.2) is 10.7 Å². The Bertz CT molecular complexity index is 965. The summed E-state index contributed by atoms with van der Waals surface area (Å²) in [5, 5.41) is 5.80. The molecule has 7 heteroatoms. The highest BCUT2D eigenvalue weighted by molar-refractivity contribution is 7.80. The molecule has 3 rings (SSSR count). The third-order valence-electron chi connectivity index (χ3n) is 3.62. The number of anilines is 1. The van der Waals surface area contributed by atoms with E-state index in [1.54, 1.807) is 7.11 Å². The van der Waals surface area contributed by atoms with E-state index in [1.807, 2.05) is 43.3 Å². The van der Waals surface area contributed by atoms with Gasteiger partial charge in [0.25, 0.3) is 0 Å². The largest absolute Gasteiger partial charge is 0.497 e. The molecule has 1 aromatic heterocycles. The van der Waals surface area contributed by atoms with Crippen molar-refractivity contribution < 1.29 is 13.9 Å². The van der Waals surface area contributed by atoms with Crippen LogP contribution in [0.15, 0.2) is 40.8 Å². The van der Waals surface area contributed by atoms with Crippen LogP contribution in [0.1, 0.15) is 12.5 Å². The first-order chi connectivity index (χ1) is 12.0. The summed E-state index contributed by atoms with van der Waals surface area (Å²) in [6.45, 7) is 3.35. The van der Waals surface area contributed by atoms with Crippen LogP contribution in [0, 0.1) is 6.92 Å². The van der Waals surface area contributed by atoms with Gasteiger partial charge in [0.1, 0.15) is 11.3 Å². The molecule has 0 aliphatic carbocycles. The number of carbonyl (C=O) groups is 1. The van der Waals surface area contributed by atoms with Gasteiger partial charge < -0.3 is 19.8 Å². The second-order valence-corrected chi connectivity index (χ2v) is 5.93. The summed E-state index contributed by atoms with van der Waals surface area (Å²) in [6, 6.07) is 11.2. The summed E-state index contributed by atoms with van der Waals surface area (Å²) in [5.41, 5.74) is 3.96. The number of hydrogen-bond donors (Lipinski definition) is 2. The molecule has 6 nitrogen and oxygen atoms in total. The van der Waals surface area contributed by atoms with Gasteiger partial charge in [-0.05, 0) is 49.0 Å². The molecule has 0 fully saturated rings. The highest BCUT2D eigenvalue weighted by Gasteiger charge is 2.11. The number of thiocarbonyl (C=S) groups is 1. The predicted molar refractivity (Wildman–Crippen MR) is 101 cm³/mol. The Morgan fingerprint density at radius 3 is 2.76 bits per heavy atom. The van der Waals surface area contributed by atoms with Crippen molar-refractivity contribution in [3.63, 3.8) is 0 Å². The zero-order chi connectivity index (χ0) is 18.0. The lowest BCUT2D eigenvalue weighted by Crippen LogP contribution is -2.32. The molecule has 0 aliphatic heterocycles. The maximum atomic E-state index is 11.1. The molecule has 2 N–H and O–H groups in total. The first-order valence-electron chi connectivity index (χ1n) is 7.60. The summed E-state index contributed by atoms with van der Waals surface area (Å²) in [7, 11) is 1.61. The monoisotopic (exact) mass is 355 g/mol. The van der Waals surface area contributed by atoms with Crippen molar-refractivity contribution in [2.45, 2.75) is 13.8 Å². The van der Waals surface area contributed by atoms with Crippen molar-refractivity contribution in [1.29, 1.82) is 0 Å². The van der Waals surface area contributed by atoms with Gasteiger partial charge in [0.2, 0.25) is 11.8 Å². The van der Waals surface area contributed by atoms with E-state index in [4.69, 9.17) is 21.4 Å². The van der Waals surface area contributed by atoms with Gasteiger partial charge in [-0.2, -0.15) is 0 Å². The van der Waals surface area contributed by atoms with Gasteiger partial charge in [-0.15, -0.1) is 0 Å². The average molecular weight is 355 g/mol. The zero-order valence-corrected chi connectivity index (χ0v) is 14.9. The SMILES string of the molecule is COc1ccc2oc(-c3ccc(C)c(NC(=S)NC(C)=O)c3)nc2c1. The second kappa shape index (κ2) is 6.90. The minimum Gasteiger partial charge on any atom is -0.497 e. The Hall–Kier alpha value is -2.93. The summed E-state index contributed by atoms with van der Waals surface area (Å²) < 4.78 is 11.0. The minimum absolute atomic E-state index is 0.223. The number of methoxy groups -OCH3 is 1.